The molecule has 0 spiro atoms. The van der Waals surface area contributed by atoms with Crippen molar-refractivity contribution < 1.29 is 13.2 Å². The first-order valence-electron chi connectivity index (χ1n) is 4.93. The number of sulfonamides is 1. The van der Waals surface area contributed by atoms with Gasteiger partial charge in [-0.05, 0) is 19.1 Å². The molecule has 17 heavy (non-hydrogen) atoms. The number of anilines is 1. The van der Waals surface area contributed by atoms with Gasteiger partial charge in [0.1, 0.15) is 4.90 Å². The SMILES string of the molecule is COCC(C)NS(=O)(=O)c1c(N)cccc1Cl. The van der Waals surface area contributed by atoms with Gasteiger partial charge in [0.25, 0.3) is 0 Å². The van der Waals surface area contributed by atoms with Crippen LogP contribution in [0.15, 0.2) is 23.1 Å². The fraction of sp³-hybridized carbons (Fsp3) is 0.400. The van der Waals surface area contributed by atoms with Crippen LogP contribution in [0.5, 0.6) is 0 Å². The van der Waals surface area contributed by atoms with Gasteiger partial charge in [0.05, 0.1) is 17.3 Å². The van der Waals surface area contributed by atoms with Gasteiger partial charge in [-0.15, -0.1) is 0 Å². The predicted molar refractivity (Wildman–Crippen MR) is 67.5 cm³/mol. The molecule has 0 amide bonds. The Hall–Kier alpha value is -0.820. The summed E-state index contributed by atoms with van der Waals surface area (Å²) < 4.78 is 31.3. The number of benzene rings is 1. The van der Waals surface area contributed by atoms with Crippen LogP contribution in [0.1, 0.15) is 6.92 Å². The van der Waals surface area contributed by atoms with E-state index in [0.29, 0.717) is 0 Å². The van der Waals surface area contributed by atoms with Gasteiger partial charge in [-0.1, -0.05) is 17.7 Å². The van der Waals surface area contributed by atoms with Gasteiger partial charge < -0.3 is 10.5 Å². The third kappa shape index (κ3) is 3.57. The molecular weight excluding hydrogens is 264 g/mol. The third-order valence-corrected chi connectivity index (χ3v) is 4.17. The van der Waals surface area contributed by atoms with Crippen LogP contribution in [-0.2, 0) is 14.8 Å². The van der Waals surface area contributed by atoms with Gasteiger partial charge in [-0.2, -0.15) is 0 Å². The fourth-order valence-electron chi connectivity index (χ4n) is 1.42. The number of hydrogen-bond acceptors (Lipinski definition) is 4. The number of nitrogens with two attached hydrogens (primary N) is 1. The quantitative estimate of drug-likeness (QED) is 0.794. The Bertz CT molecular complexity index is 470. The van der Waals surface area contributed by atoms with Crippen molar-refractivity contribution in [2.24, 2.45) is 0 Å². The van der Waals surface area contributed by atoms with Crippen LogP contribution in [0, 0.1) is 0 Å². The van der Waals surface area contributed by atoms with Crippen LogP contribution >= 0.6 is 11.6 Å². The Labute approximate surface area is 106 Å². The Morgan fingerprint density at radius 3 is 2.71 bits per heavy atom. The Balaban J connectivity index is 3.06. The maximum Gasteiger partial charge on any atom is 0.244 e. The second kappa shape index (κ2) is 5.68. The van der Waals surface area contributed by atoms with Crippen LogP contribution in [0.2, 0.25) is 5.02 Å². The van der Waals surface area contributed by atoms with Crippen LogP contribution < -0.4 is 10.5 Å². The van der Waals surface area contributed by atoms with E-state index in [1.54, 1.807) is 13.0 Å². The summed E-state index contributed by atoms with van der Waals surface area (Å²) in [5, 5.41) is 0.0992. The third-order valence-electron chi connectivity index (χ3n) is 2.04. The minimum absolute atomic E-state index is 0.0929. The number of ether oxygens (including phenoxy) is 1. The Kier molecular flexibility index (Phi) is 4.76. The number of nitrogen functional groups attached to an aromatic ring is 1. The van der Waals surface area contributed by atoms with E-state index in [9.17, 15) is 8.42 Å². The molecule has 5 nitrogen and oxygen atoms in total. The average molecular weight is 279 g/mol. The zero-order chi connectivity index (χ0) is 13.1. The van der Waals surface area contributed by atoms with E-state index < -0.39 is 10.0 Å². The minimum atomic E-state index is -3.73. The molecule has 0 aromatic heterocycles. The van der Waals surface area contributed by atoms with Gasteiger partial charge in [0.2, 0.25) is 10.0 Å². The fourth-order valence-corrected chi connectivity index (χ4v) is 3.32. The summed E-state index contributed by atoms with van der Waals surface area (Å²) in [4.78, 5) is -0.0929. The molecule has 0 fully saturated rings. The average Bonchev–Trinajstić information content (AvgIpc) is 2.15. The first-order chi connectivity index (χ1) is 7.88. The van der Waals surface area contributed by atoms with E-state index in [0.717, 1.165) is 0 Å². The molecule has 0 saturated carbocycles. The van der Waals surface area contributed by atoms with Crippen molar-refractivity contribution in [1.82, 2.24) is 4.72 Å². The van der Waals surface area contributed by atoms with Gasteiger partial charge >= 0.3 is 0 Å². The second-order valence-corrected chi connectivity index (χ2v) is 5.69. The largest absolute Gasteiger partial charge is 0.398 e. The van der Waals surface area contributed by atoms with Crippen LogP contribution in [0.25, 0.3) is 0 Å². The lowest BCUT2D eigenvalue weighted by Gasteiger charge is -2.15. The summed E-state index contributed by atoms with van der Waals surface area (Å²) >= 11 is 5.84. The topological polar surface area (TPSA) is 81.4 Å². The Morgan fingerprint density at radius 1 is 1.53 bits per heavy atom. The lowest BCUT2D eigenvalue weighted by atomic mass is 10.3. The molecule has 1 aromatic rings. The predicted octanol–water partition coefficient (Wildman–Crippen LogP) is 1.24. The van der Waals surface area contributed by atoms with Crippen LogP contribution in [0.3, 0.4) is 0 Å². The van der Waals surface area contributed by atoms with E-state index >= 15 is 0 Å². The number of halogens is 1. The van der Waals surface area contributed by atoms with E-state index in [-0.39, 0.29) is 28.3 Å². The van der Waals surface area contributed by atoms with Gasteiger partial charge in [0.15, 0.2) is 0 Å². The van der Waals surface area contributed by atoms with Crippen LogP contribution in [0.4, 0.5) is 5.69 Å². The molecule has 1 unspecified atom stereocenters. The molecule has 7 heteroatoms. The van der Waals surface area contributed by atoms with Crippen molar-refractivity contribution in [3.63, 3.8) is 0 Å². The highest BCUT2D eigenvalue weighted by molar-refractivity contribution is 7.89. The molecule has 3 N–H and O–H groups in total. The summed E-state index contributed by atoms with van der Waals surface area (Å²) in [6.07, 6.45) is 0. The van der Waals surface area contributed by atoms with Crippen molar-refractivity contribution in [3.05, 3.63) is 23.2 Å². The van der Waals surface area contributed by atoms with Gasteiger partial charge in [-0.25, -0.2) is 13.1 Å². The first kappa shape index (κ1) is 14.2. The van der Waals surface area contributed by atoms with E-state index in [1.165, 1.54) is 19.2 Å². The molecule has 0 bridgehead atoms. The molecule has 0 aliphatic carbocycles. The second-order valence-electron chi connectivity index (χ2n) is 3.64. The first-order valence-corrected chi connectivity index (χ1v) is 6.80. The molecule has 1 atom stereocenters. The molecular formula is C10H15ClN2O3S. The number of hydrogen-bond donors (Lipinski definition) is 2. The zero-order valence-corrected chi connectivity index (χ0v) is 11.2. The van der Waals surface area contributed by atoms with E-state index in [4.69, 9.17) is 22.1 Å². The Morgan fingerprint density at radius 2 is 2.18 bits per heavy atom. The van der Waals surface area contributed by atoms with Gasteiger partial charge in [-0.3, -0.25) is 0 Å². The maximum absolute atomic E-state index is 12.0. The molecule has 0 radical (unpaired) electrons. The lowest BCUT2D eigenvalue weighted by molar-refractivity contribution is 0.180. The summed E-state index contributed by atoms with van der Waals surface area (Å²) in [5.74, 6) is 0. The monoisotopic (exact) mass is 278 g/mol. The zero-order valence-electron chi connectivity index (χ0n) is 9.60. The molecule has 0 heterocycles. The summed E-state index contributed by atoms with van der Waals surface area (Å²) in [5.41, 5.74) is 5.74. The van der Waals surface area contributed by atoms with E-state index in [2.05, 4.69) is 4.72 Å². The number of nitrogens with one attached hydrogen (secondary N) is 1. The van der Waals surface area contributed by atoms with Crippen molar-refractivity contribution in [1.29, 1.82) is 0 Å². The maximum atomic E-state index is 12.0. The van der Waals surface area contributed by atoms with Gasteiger partial charge in [0, 0.05) is 13.2 Å². The smallest absolute Gasteiger partial charge is 0.244 e. The summed E-state index contributed by atoms with van der Waals surface area (Å²) in [6.45, 7) is 1.96. The molecule has 1 aromatic carbocycles. The van der Waals surface area contributed by atoms with Crippen molar-refractivity contribution >= 4 is 27.3 Å². The van der Waals surface area contributed by atoms with Crippen molar-refractivity contribution in [2.75, 3.05) is 19.5 Å². The molecule has 0 aliphatic rings. The number of methoxy groups -OCH3 is 1. The standard InChI is InChI=1S/C10H15ClN2O3S/c1-7(6-16-2)13-17(14,15)10-8(11)4-3-5-9(10)12/h3-5,7,13H,6,12H2,1-2H3. The highest BCUT2D eigenvalue weighted by atomic mass is 35.5. The minimum Gasteiger partial charge on any atom is -0.398 e. The van der Waals surface area contributed by atoms with Crippen molar-refractivity contribution in [2.45, 2.75) is 17.9 Å². The molecule has 1 rings (SSSR count). The normalized spacial score (nSPS) is 13.6. The van der Waals surface area contributed by atoms with E-state index in [1.807, 2.05) is 0 Å². The number of rotatable bonds is 5. The molecule has 0 aliphatic heterocycles. The summed E-state index contributed by atoms with van der Waals surface area (Å²) in [7, 11) is -2.24. The molecule has 96 valence electrons. The van der Waals surface area contributed by atoms with Crippen LogP contribution in [-0.4, -0.2) is 28.2 Å². The van der Waals surface area contributed by atoms with Crippen molar-refractivity contribution in [3.8, 4) is 0 Å². The highest BCUT2D eigenvalue weighted by Gasteiger charge is 2.22. The highest BCUT2D eigenvalue weighted by Crippen LogP contribution is 2.26. The summed E-state index contributed by atoms with van der Waals surface area (Å²) in [6, 6.07) is 4.20. The lowest BCUT2D eigenvalue weighted by Crippen LogP contribution is -2.36. The molecule has 0 saturated heterocycles.